The van der Waals surface area contributed by atoms with E-state index in [4.69, 9.17) is 16.2 Å². The highest BCUT2D eigenvalue weighted by molar-refractivity contribution is 8.00. The van der Waals surface area contributed by atoms with E-state index in [1.807, 2.05) is 47.7 Å². The number of fused-ring (bicyclic) bond motifs is 3. The van der Waals surface area contributed by atoms with Crippen molar-refractivity contribution in [3.8, 4) is 18.1 Å². The first-order chi connectivity index (χ1) is 21.2. The molecule has 3 saturated heterocycles. The fourth-order valence-corrected chi connectivity index (χ4v) is 9.54. The Hall–Kier alpha value is -3.85. The number of alkyl halides is 1. The van der Waals surface area contributed by atoms with E-state index in [0.29, 0.717) is 59.3 Å². The lowest BCUT2D eigenvalue weighted by Gasteiger charge is -2.48. The summed E-state index contributed by atoms with van der Waals surface area (Å²) < 4.78 is 17.8. The van der Waals surface area contributed by atoms with Gasteiger partial charge in [0.15, 0.2) is 11.6 Å². The van der Waals surface area contributed by atoms with E-state index in [1.54, 1.807) is 6.20 Å². The smallest absolute Gasteiger partial charge is 0.320 e. The molecule has 3 unspecified atom stereocenters. The van der Waals surface area contributed by atoms with Crippen LogP contribution in [0.25, 0.3) is 0 Å². The molecule has 14 heteroatoms. The lowest BCUT2D eigenvalue weighted by molar-refractivity contribution is 0.292. The van der Waals surface area contributed by atoms with Crippen molar-refractivity contribution >= 4 is 45.6 Å². The van der Waals surface area contributed by atoms with E-state index in [9.17, 15) is 14.9 Å². The van der Waals surface area contributed by atoms with Gasteiger partial charge in [-0.2, -0.15) is 20.5 Å². The molecule has 7 heterocycles. The van der Waals surface area contributed by atoms with Crippen molar-refractivity contribution in [2.75, 3.05) is 61.6 Å². The van der Waals surface area contributed by atoms with Crippen LogP contribution in [0.4, 0.5) is 26.8 Å². The number of ether oxygens (including phenoxy) is 1. The minimum atomic E-state index is -0.518. The van der Waals surface area contributed by atoms with Crippen molar-refractivity contribution in [2.45, 2.75) is 54.9 Å². The number of nitrogens with two attached hydrogens (primary N) is 2. The van der Waals surface area contributed by atoms with Crippen LogP contribution in [0.1, 0.15) is 59.4 Å². The van der Waals surface area contributed by atoms with Crippen molar-refractivity contribution in [3.05, 3.63) is 45.5 Å². The number of nitrogens with zero attached hydrogens (tertiary/aromatic N) is 8. The molecule has 44 heavy (non-hydrogen) atoms. The highest BCUT2D eigenvalue weighted by Gasteiger charge is 2.53. The summed E-state index contributed by atoms with van der Waals surface area (Å²) in [6, 6.07) is 8.90. The first kappa shape index (κ1) is 30.2. The summed E-state index contributed by atoms with van der Waals surface area (Å²) in [5.74, 6) is 2.21. The number of hydrogen-bond donors (Lipinski definition) is 2. The van der Waals surface area contributed by atoms with Crippen LogP contribution in [0.3, 0.4) is 0 Å². The van der Waals surface area contributed by atoms with Crippen molar-refractivity contribution in [3.63, 3.8) is 0 Å². The Morgan fingerprint density at radius 2 is 2.00 bits per heavy atom. The lowest BCUT2D eigenvalue weighted by Crippen LogP contribution is -2.57. The van der Waals surface area contributed by atoms with E-state index in [2.05, 4.69) is 32.0 Å². The third-order valence-electron chi connectivity index (χ3n) is 9.09. The number of rotatable bonds is 5. The van der Waals surface area contributed by atoms with Gasteiger partial charge >= 0.3 is 6.01 Å². The Morgan fingerprint density at radius 1 is 1.23 bits per heavy atom. The molecule has 11 nitrogen and oxygen atoms in total. The number of halogens is 1. The average Bonchev–Trinajstić information content (AvgIpc) is 3.76. The van der Waals surface area contributed by atoms with Gasteiger partial charge in [0.1, 0.15) is 34.7 Å². The zero-order valence-electron chi connectivity index (χ0n) is 25.0. The van der Waals surface area contributed by atoms with E-state index in [0.717, 1.165) is 34.7 Å². The summed E-state index contributed by atoms with van der Waals surface area (Å²) in [5.41, 5.74) is 15.0. The Bertz CT molecular complexity index is 1630. The van der Waals surface area contributed by atoms with E-state index in [1.165, 1.54) is 31.3 Å². The number of thioether (sulfide) groups is 1. The molecule has 0 aromatic carbocycles. The minimum absolute atomic E-state index is 0.172. The van der Waals surface area contributed by atoms with Gasteiger partial charge in [0.25, 0.3) is 0 Å². The van der Waals surface area contributed by atoms with Crippen LogP contribution in [0.5, 0.6) is 6.01 Å². The van der Waals surface area contributed by atoms with Crippen molar-refractivity contribution in [1.29, 1.82) is 10.5 Å². The number of thiophene rings is 1. The number of pyridine rings is 1. The number of methoxy groups -OCH3 is 1. The second-order valence-corrected chi connectivity index (χ2v) is 14.1. The molecule has 0 bridgehead atoms. The molecule has 3 aromatic heterocycles. The van der Waals surface area contributed by atoms with Gasteiger partial charge in [-0.1, -0.05) is 6.07 Å². The summed E-state index contributed by atoms with van der Waals surface area (Å²) in [5, 5.41) is 20.4. The molecule has 0 saturated carbocycles. The van der Waals surface area contributed by atoms with Crippen LogP contribution in [-0.2, 0) is 10.5 Å². The standard InChI is InChI=1S/C23H23N9OS2.C7H12FN/c1-12(13-5-4-6-28-18(13)26)31(2)20-15(8-25)21(30-22(29-20)33-3)32-10-23(11-32)17-14(7-24)19(27)35-16(17)9-34-23;8-6-4-7-2-1-3-9(7)5-6/h4-6,12H,9-11,27H2,1-3H3,(H2,26,28);6-7H,1-5H2. The maximum absolute atomic E-state index is 12.6. The molecule has 4 aliphatic heterocycles. The van der Waals surface area contributed by atoms with E-state index < -0.39 is 6.17 Å². The lowest BCUT2D eigenvalue weighted by atomic mass is 9.88. The first-order valence-corrected chi connectivity index (χ1v) is 16.4. The van der Waals surface area contributed by atoms with Crippen molar-refractivity contribution in [2.24, 2.45) is 0 Å². The van der Waals surface area contributed by atoms with E-state index in [-0.39, 0.29) is 16.8 Å². The number of aromatic nitrogens is 3. The van der Waals surface area contributed by atoms with Crippen LogP contribution >= 0.6 is 23.1 Å². The van der Waals surface area contributed by atoms with Crippen molar-refractivity contribution in [1.82, 2.24) is 19.9 Å². The maximum atomic E-state index is 12.6. The summed E-state index contributed by atoms with van der Waals surface area (Å²) in [6.07, 6.45) is 4.45. The molecular formula is C30H35FN10OS2. The fraction of sp³-hybridized carbons (Fsp3) is 0.500. The molecule has 1 spiro atoms. The number of nitrogen functional groups attached to an aromatic ring is 2. The molecule has 3 aromatic rings. The first-order valence-electron chi connectivity index (χ1n) is 14.6. The van der Waals surface area contributed by atoms with Crippen LogP contribution in [-0.4, -0.2) is 72.4 Å². The van der Waals surface area contributed by atoms with E-state index >= 15 is 0 Å². The molecule has 230 valence electrons. The van der Waals surface area contributed by atoms with Gasteiger partial charge in [0.05, 0.1) is 23.5 Å². The largest absolute Gasteiger partial charge is 0.467 e. The summed E-state index contributed by atoms with van der Waals surface area (Å²) in [7, 11) is 3.36. The van der Waals surface area contributed by atoms with Crippen LogP contribution in [0.15, 0.2) is 18.3 Å². The molecule has 3 atom stereocenters. The maximum Gasteiger partial charge on any atom is 0.320 e. The molecule has 3 fully saturated rings. The fourth-order valence-electron chi connectivity index (χ4n) is 6.73. The molecular weight excluding hydrogens is 600 g/mol. The Kier molecular flexibility index (Phi) is 8.18. The second-order valence-electron chi connectivity index (χ2n) is 11.6. The van der Waals surface area contributed by atoms with Gasteiger partial charge in [-0.3, -0.25) is 4.90 Å². The zero-order chi connectivity index (χ0) is 31.2. The Labute approximate surface area is 264 Å². The Balaban J connectivity index is 0.000000323. The summed E-state index contributed by atoms with van der Waals surface area (Å²) in [4.78, 5) is 20.6. The van der Waals surface area contributed by atoms with Gasteiger partial charge in [0, 0.05) is 60.7 Å². The monoisotopic (exact) mass is 634 g/mol. The molecule has 4 aliphatic rings. The van der Waals surface area contributed by atoms with Gasteiger partial charge in [-0.25, -0.2) is 9.37 Å². The summed E-state index contributed by atoms with van der Waals surface area (Å²) in [6.45, 7) is 5.05. The molecule has 0 radical (unpaired) electrons. The Morgan fingerprint density at radius 3 is 2.68 bits per heavy atom. The number of nitriles is 2. The quantitative estimate of drug-likeness (QED) is 0.413. The summed E-state index contributed by atoms with van der Waals surface area (Å²) >= 11 is 3.31. The SMILES string of the molecule is COc1nc(N2CC3(C2)SCc2sc(N)c(C#N)c23)c(C#N)c(N(C)C(C)c2cccnc2N)n1.FC1CC2CCCN2C1. The normalized spacial score (nSPS) is 21.8. The third-order valence-corrected chi connectivity index (χ3v) is 11.7. The predicted octanol–water partition coefficient (Wildman–Crippen LogP) is 4.20. The topological polar surface area (TPSA) is 157 Å². The number of anilines is 4. The van der Waals surface area contributed by atoms with Crippen molar-refractivity contribution < 1.29 is 9.13 Å². The number of hydrogen-bond acceptors (Lipinski definition) is 13. The second kappa shape index (κ2) is 11.9. The zero-order valence-corrected chi connectivity index (χ0v) is 26.6. The van der Waals surface area contributed by atoms with Crippen LogP contribution in [0, 0.1) is 22.7 Å². The van der Waals surface area contributed by atoms with Gasteiger partial charge in [-0.05, 0) is 38.8 Å². The van der Waals surface area contributed by atoms with Crippen LogP contribution < -0.4 is 26.0 Å². The van der Waals surface area contributed by atoms with Gasteiger partial charge < -0.3 is 26.0 Å². The highest BCUT2D eigenvalue weighted by atomic mass is 32.2. The highest BCUT2D eigenvalue weighted by Crippen LogP contribution is 2.58. The molecule has 4 N–H and O–H groups in total. The van der Waals surface area contributed by atoms with Gasteiger partial charge in [0.2, 0.25) is 0 Å². The molecule has 0 amide bonds. The van der Waals surface area contributed by atoms with Crippen LogP contribution in [0.2, 0.25) is 0 Å². The van der Waals surface area contributed by atoms with Gasteiger partial charge in [-0.15, -0.1) is 23.1 Å². The molecule has 7 rings (SSSR count). The minimum Gasteiger partial charge on any atom is -0.467 e. The average molecular weight is 635 g/mol. The predicted molar refractivity (Wildman–Crippen MR) is 172 cm³/mol. The molecule has 0 aliphatic carbocycles. The third kappa shape index (κ3) is 5.15.